The molecule has 0 radical (unpaired) electrons. The summed E-state index contributed by atoms with van der Waals surface area (Å²) in [5, 5.41) is 3.60. The quantitative estimate of drug-likeness (QED) is 0.238. The molecule has 226 valence electrons. The van der Waals surface area contributed by atoms with Crippen molar-refractivity contribution in [3.05, 3.63) is 100 Å². The van der Waals surface area contributed by atoms with Crippen LogP contribution < -0.4 is 25.2 Å². The van der Waals surface area contributed by atoms with Gasteiger partial charge in [0.2, 0.25) is 5.91 Å². The maximum absolute atomic E-state index is 15.1. The van der Waals surface area contributed by atoms with E-state index < -0.39 is 17.4 Å². The van der Waals surface area contributed by atoms with Crippen molar-refractivity contribution in [1.29, 1.82) is 0 Å². The molecule has 0 saturated carbocycles. The first kappa shape index (κ1) is 29.3. The largest absolute Gasteiger partial charge is 0.497 e. The minimum absolute atomic E-state index is 0.0691. The average Bonchev–Trinajstić information content (AvgIpc) is 3.50. The number of methoxy groups -OCH3 is 2. The Morgan fingerprint density at radius 3 is 2.59 bits per heavy atom. The summed E-state index contributed by atoms with van der Waals surface area (Å²) in [6, 6.07) is 20.9. The molecule has 1 unspecified atom stereocenters. The van der Waals surface area contributed by atoms with Crippen molar-refractivity contribution in [2.45, 2.75) is 38.4 Å². The summed E-state index contributed by atoms with van der Waals surface area (Å²) in [5.41, 5.74) is 1.67. The Hall–Kier alpha value is -4.77. The van der Waals surface area contributed by atoms with Crippen molar-refractivity contribution in [2.24, 2.45) is 0 Å². The fourth-order valence-electron chi connectivity index (χ4n) is 5.50. The predicted octanol–water partition coefficient (Wildman–Crippen LogP) is 5.40. The Balaban J connectivity index is 1.40. The van der Waals surface area contributed by atoms with Crippen molar-refractivity contribution >= 4 is 32.7 Å². The van der Waals surface area contributed by atoms with E-state index >= 15 is 4.39 Å². The van der Waals surface area contributed by atoms with Gasteiger partial charge in [0.1, 0.15) is 29.2 Å². The summed E-state index contributed by atoms with van der Waals surface area (Å²) < 4.78 is 27.5. The van der Waals surface area contributed by atoms with E-state index in [1.165, 1.54) is 29.1 Å². The number of hydrogen-bond acceptors (Lipinski definition) is 8. The molecule has 2 aromatic heterocycles. The van der Waals surface area contributed by atoms with Crippen molar-refractivity contribution in [1.82, 2.24) is 19.9 Å². The maximum Gasteiger partial charge on any atom is 0.281 e. The van der Waals surface area contributed by atoms with Crippen LogP contribution in [0, 0.1) is 5.82 Å². The molecule has 44 heavy (non-hydrogen) atoms. The van der Waals surface area contributed by atoms with Crippen molar-refractivity contribution in [3.63, 3.8) is 0 Å². The second-order valence-corrected chi connectivity index (χ2v) is 11.5. The van der Waals surface area contributed by atoms with Crippen LogP contribution in [0.4, 0.5) is 9.52 Å². The van der Waals surface area contributed by atoms with E-state index in [0.717, 1.165) is 18.4 Å². The predicted molar refractivity (Wildman–Crippen MR) is 169 cm³/mol. The van der Waals surface area contributed by atoms with E-state index in [1.807, 2.05) is 35.2 Å². The van der Waals surface area contributed by atoms with Crippen LogP contribution in [0.3, 0.4) is 0 Å². The van der Waals surface area contributed by atoms with Gasteiger partial charge in [-0.3, -0.25) is 14.2 Å². The van der Waals surface area contributed by atoms with Gasteiger partial charge in [0.25, 0.3) is 5.56 Å². The molecule has 1 aliphatic heterocycles. The van der Waals surface area contributed by atoms with Crippen molar-refractivity contribution in [3.8, 4) is 22.9 Å². The van der Waals surface area contributed by atoms with Crippen LogP contribution in [0.15, 0.2) is 77.6 Å². The Labute approximate surface area is 257 Å². The van der Waals surface area contributed by atoms with Crippen LogP contribution in [-0.2, 0) is 17.9 Å². The zero-order valence-corrected chi connectivity index (χ0v) is 25.3. The molecule has 0 aliphatic carbocycles. The lowest BCUT2D eigenvalue weighted by molar-refractivity contribution is -0.123. The first-order chi connectivity index (χ1) is 21.5. The molecule has 1 atom stereocenters. The zero-order valence-electron chi connectivity index (χ0n) is 24.5. The van der Waals surface area contributed by atoms with Gasteiger partial charge in [-0.2, -0.15) is 0 Å². The van der Waals surface area contributed by atoms with Crippen LogP contribution in [0.5, 0.6) is 11.5 Å². The third-order valence-electron chi connectivity index (χ3n) is 7.81. The molecule has 1 saturated heterocycles. The lowest BCUT2D eigenvalue weighted by atomic mass is 10.0. The van der Waals surface area contributed by atoms with E-state index in [2.05, 4.69) is 5.32 Å². The number of rotatable bonds is 9. The Bertz CT molecular complexity index is 1860. The van der Waals surface area contributed by atoms with Gasteiger partial charge >= 0.3 is 0 Å². The number of fused-ring (bicyclic) bond motifs is 1. The fraction of sp³-hybridized carbons (Fsp3) is 0.273. The number of carbonyl (C=O) groups is 1. The number of aromatic nitrogens is 3. The van der Waals surface area contributed by atoms with E-state index in [0.29, 0.717) is 46.5 Å². The fourth-order valence-corrected chi connectivity index (χ4v) is 6.51. The van der Waals surface area contributed by atoms with Crippen LogP contribution in [0.1, 0.15) is 30.4 Å². The third kappa shape index (κ3) is 5.87. The molecule has 6 rings (SSSR count). The molecule has 0 bridgehead atoms. The smallest absolute Gasteiger partial charge is 0.281 e. The number of thiazole rings is 1. The summed E-state index contributed by atoms with van der Waals surface area (Å²) in [6.07, 6.45) is 2.48. The first-order valence-electron chi connectivity index (χ1n) is 14.4. The van der Waals surface area contributed by atoms with Crippen LogP contribution in [0.2, 0.25) is 0 Å². The summed E-state index contributed by atoms with van der Waals surface area (Å²) >= 11 is 1.24. The maximum atomic E-state index is 15.1. The SMILES string of the molecule is COc1ccc(Cn2c(-c3ccccc3F)nc3sc(N4CCCCC4C(=O)NCc4ccccc4)nc3c2=O)c(OC)c1. The summed E-state index contributed by atoms with van der Waals surface area (Å²) in [5.74, 6) is 0.729. The van der Waals surface area contributed by atoms with Gasteiger partial charge in [-0.25, -0.2) is 14.4 Å². The minimum Gasteiger partial charge on any atom is -0.497 e. The number of nitrogens with zero attached hydrogens (tertiary/aromatic N) is 4. The Morgan fingerprint density at radius 2 is 1.82 bits per heavy atom. The number of hydrogen-bond donors (Lipinski definition) is 1. The lowest BCUT2D eigenvalue weighted by Gasteiger charge is -2.34. The first-order valence-corrected chi connectivity index (χ1v) is 15.2. The molecule has 0 spiro atoms. The zero-order chi connectivity index (χ0) is 30.6. The van der Waals surface area contributed by atoms with Gasteiger partial charge in [0, 0.05) is 24.7 Å². The molecule has 1 N–H and O–H groups in total. The molecule has 11 heteroatoms. The highest BCUT2D eigenvalue weighted by Gasteiger charge is 2.32. The summed E-state index contributed by atoms with van der Waals surface area (Å²) in [6.45, 7) is 1.12. The third-order valence-corrected chi connectivity index (χ3v) is 8.79. The van der Waals surface area contributed by atoms with Gasteiger partial charge in [0.05, 0.1) is 26.3 Å². The second-order valence-electron chi connectivity index (χ2n) is 10.5. The minimum atomic E-state index is -0.495. The van der Waals surface area contributed by atoms with Gasteiger partial charge in [0.15, 0.2) is 15.5 Å². The Morgan fingerprint density at radius 1 is 1.02 bits per heavy atom. The molecule has 1 aliphatic rings. The molecule has 9 nitrogen and oxygen atoms in total. The van der Waals surface area contributed by atoms with Gasteiger partial charge in [-0.15, -0.1) is 0 Å². The monoisotopic (exact) mass is 613 g/mol. The van der Waals surface area contributed by atoms with E-state index in [-0.39, 0.29) is 29.4 Å². The van der Waals surface area contributed by atoms with E-state index in [1.54, 1.807) is 43.5 Å². The number of carbonyl (C=O) groups excluding carboxylic acids is 1. The van der Waals surface area contributed by atoms with E-state index in [4.69, 9.17) is 19.4 Å². The normalized spacial score (nSPS) is 14.9. The van der Waals surface area contributed by atoms with E-state index in [9.17, 15) is 9.59 Å². The van der Waals surface area contributed by atoms with Crippen LogP contribution >= 0.6 is 11.3 Å². The van der Waals surface area contributed by atoms with Gasteiger partial charge < -0.3 is 19.7 Å². The molecular formula is C33H32FN5O4S. The lowest BCUT2D eigenvalue weighted by Crippen LogP contribution is -2.49. The summed E-state index contributed by atoms with van der Waals surface area (Å²) in [7, 11) is 3.10. The standard InChI is InChI=1S/C33H32FN5O4S/c1-42-23-16-15-22(27(18-23)43-2)20-39-29(24-12-6-7-13-25(24)34)37-31-28(32(39)41)36-33(44-31)38-17-9-8-14-26(38)30(40)35-19-21-10-4-3-5-11-21/h3-7,10-13,15-16,18,26H,8-9,14,17,19-20H2,1-2H3,(H,35,40). The number of anilines is 1. The highest BCUT2D eigenvalue weighted by molar-refractivity contribution is 7.21. The topological polar surface area (TPSA) is 98.6 Å². The molecule has 1 amide bonds. The highest BCUT2D eigenvalue weighted by Crippen LogP contribution is 2.33. The molecule has 5 aromatic rings. The van der Waals surface area contributed by atoms with Crippen molar-refractivity contribution in [2.75, 3.05) is 25.7 Å². The molecule has 1 fully saturated rings. The molecular weight excluding hydrogens is 581 g/mol. The number of benzene rings is 3. The van der Waals surface area contributed by atoms with Crippen LogP contribution in [-0.4, -0.2) is 47.2 Å². The summed E-state index contributed by atoms with van der Waals surface area (Å²) in [4.78, 5) is 39.4. The number of halogens is 1. The van der Waals surface area contributed by atoms with Gasteiger partial charge in [-0.1, -0.05) is 53.8 Å². The highest BCUT2D eigenvalue weighted by atomic mass is 32.1. The number of amides is 1. The Kier molecular flexibility index (Phi) is 8.56. The number of piperidine rings is 1. The van der Waals surface area contributed by atoms with Gasteiger partial charge in [-0.05, 0) is 49.1 Å². The average molecular weight is 614 g/mol. The second kappa shape index (κ2) is 12.8. The number of nitrogens with one attached hydrogen (secondary N) is 1. The molecule has 3 aromatic carbocycles. The van der Waals surface area contributed by atoms with Crippen molar-refractivity contribution < 1.29 is 18.7 Å². The number of ether oxygens (including phenoxy) is 2. The molecule has 3 heterocycles. The van der Waals surface area contributed by atoms with Crippen LogP contribution in [0.25, 0.3) is 21.7 Å².